The molecule has 0 spiro atoms. The molecule has 2 heterocycles. The summed E-state index contributed by atoms with van der Waals surface area (Å²) in [5.74, 6) is -0.504. The largest absolute Gasteiger partial charge is 0.337 e. The number of fused-ring (bicyclic) bond motifs is 1. The van der Waals surface area contributed by atoms with Crippen LogP contribution in [-0.4, -0.2) is 43.8 Å². The molecule has 0 aliphatic carbocycles. The van der Waals surface area contributed by atoms with Crippen LogP contribution >= 0.6 is 0 Å². The van der Waals surface area contributed by atoms with Crippen LogP contribution < -0.4 is 0 Å². The van der Waals surface area contributed by atoms with Gasteiger partial charge in [0.25, 0.3) is 5.91 Å². The van der Waals surface area contributed by atoms with Crippen LogP contribution in [0.4, 0.5) is 0 Å². The first kappa shape index (κ1) is 13.7. The quantitative estimate of drug-likeness (QED) is 0.800. The van der Waals surface area contributed by atoms with Crippen molar-refractivity contribution in [3.05, 3.63) is 24.3 Å². The minimum Gasteiger partial charge on any atom is -0.337 e. The highest BCUT2D eigenvalue weighted by Crippen LogP contribution is 2.27. The molecule has 1 aliphatic heterocycles. The van der Waals surface area contributed by atoms with E-state index < -0.39 is 0 Å². The first-order valence-corrected chi connectivity index (χ1v) is 7.03. The summed E-state index contributed by atoms with van der Waals surface area (Å²) in [7, 11) is 0. The van der Waals surface area contributed by atoms with Crippen molar-refractivity contribution in [1.29, 1.82) is 0 Å². The van der Waals surface area contributed by atoms with E-state index in [0.717, 1.165) is 0 Å². The highest BCUT2D eigenvalue weighted by molar-refractivity contribution is 5.94. The molecule has 1 atom stereocenters. The van der Waals surface area contributed by atoms with Crippen molar-refractivity contribution in [2.45, 2.75) is 32.7 Å². The monoisotopic (exact) mass is 286 g/mol. The Bertz CT molecular complexity index is 714. The number of para-hydroxylation sites is 1. The Morgan fingerprint density at radius 3 is 2.67 bits per heavy atom. The van der Waals surface area contributed by atoms with Crippen LogP contribution in [0.3, 0.4) is 0 Å². The van der Waals surface area contributed by atoms with Gasteiger partial charge in [0.15, 0.2) is 0 Å². The fourth-order valence-corrected chi connectivity index (χ4v) is 2.73. The van der Waals surface area contributed by atoms with Gasteiger partial charge in [0.2, 0.25) is 5.91 Å². The van der Waals surface area contributed by atoms with Crippen LogP contribution in [0.1, 0.15) is 32.0 Å². The normalized spacial score (nSPS) is 19.5. The van der Waals surface area contributed by atoms with Gasteiger partial charge in [-0.3, -0.25) is 9.59 Å². The molecular formula is C15H18N4O2. The Morgan fingerprint density at radius 2 is 2.00 bits per heavy atom. The van der Waals surface area contributed by atoms with Gasteiger partial charge < -0.3 is 4.90 Å². The van der Waals surface area contributed by atoms with Crippen molar-refractivity contribution in [1.82, 2.24) is 19.9 Å². The number of carbonyl (C=O) groups is 2. The molecule has 1 saturated heterocycles. The molecule has 1 aromatic carbocycles. The van der Waals surface area contributed by atoms with Crippen molar-refractivity contribution < 1.29 is 9.59 Å². The van der Waals surface area contributed by atoms with Crippen molar-refractivity contribution in [3.63, 3.8) is 0 Å². The van der Waals surface area contributed by atoms with Gasteiger partial charge in [0.1, 0.15) is 5.52 Å². The zero-order valence-electron chi connectivity index (χ0n) is 12.4. The van der Waals surface area contributed by atoms with Crippen LogP contribution in [0.2, 0.25) is 0 Å². The van der Waals surface area contributed by atoms with E-state index in [0.29, 0.717) is 17.6 Å². The van der Waals surface area contributed by atoms with Gasteiger partial charge in [-0.2, -0.15) is 4.68 Å². The molecule has 0 radical (unpaired) electrons. The molecule has 0 saturated carbocycles. The number of likely N-dealkylation sites (tertiary alicyclic amines) is 1. The molecule has 6 heteroatoms. The Labute approximate surface area is 122 Å². The van der Waals surface area contributed by atoms with E-state index in [9.17, 15) is 9.59 Å². The average molecular weight is 286 g/mol. The molecule has 0 N–H and O–H groups in total. The minimum atomic E-state index is -0.359. The minimum absolute atomic E-state index is 0.0188. The Balaban J connectivity index is 1.89. The molecule has 1 unspecified atom stereocenters. The highest BCUT2D eigenvalue weighted by Gasteiger charge is 2.40. The number of hydrogen-bond donors (Lipinski definition) is 0. The fraction of sp³-hybridized carbons (Fsp3) is 0.467. The van der Waals surface area contributed by atoms with Gasteiger partial charge in [-0.25, -0.2) is 0 Å². The maximum absolute atomic E-state index is 12.6. The third-order valence-electron chi connectivity index (χ3n) is 3.84. The summed E-state index contributed by atoms with van der Waals surface area (Å²) in [6.07, 6.45) is 0.240. The molecule has 1 fully saturated rings. The summed E-state index contributed by atoms with van der Waals surface area (Å²) >= 11 is 0. The molecule has 6 nitrogen and oxygen atoms in total. The first-order chi connectivity index (χ1) is 9.88. The van der Waals surface area contributed by atoms with E-state index in [1.807, 2.05) is 45.0 Å². The van der Waals surface area contributed by atoms with Gasteiger partial charge in [-0.15, -0.1) is 5.10 Å². The fourth-order valence-electron chi connectivity index (χ4n) is 2.73. The van der Waals surface area contributed by atoms with E-state index in [1.54, 1.807) is 4.90 Å². The molecule has 2 aromatic rings. The van der Waals surface area contributed by atoms with Gasteiger partial charge in [0, 0.05) is 18.5 Å². The summed E-state index contributed by atoms with van der Waals surface area (Å²) in [5, 5.41) is 7.93. The van der Waals surface area contributed by atoms with Crippen LogP contribution in [0.25, 0.3) is 11.0 Å². The van der Waals surface area contributed by atoms with E-state index in [4.69, 9.17) is 0 Å². The van der Waals surface area contributed by atoms with Gasteiger partial charge in [0.05, 0.1) is 11.4 Å². The van der Waals surface area contributed by atoms with Crippen LogP contribution in [0, 0.1) is 5.92 Å². The lowest BCUT2D eigenvalue weighted by Crippen LogP contribution is -2.42. The third-order valence-corrected chi connectivity index (χ3v) is 3.84. The average Bonchev–Trinajstić information content (AvgIpc) is 3.01. The third kappa shape index (κ3) is 2.30. The molecule has 1 aromatic heterocycles. The summed E-state index contributed by atoms with van der Waals surface area (Å²) in [6, 6.07) is 7.32. The van der Waals surface area contributed by atoms with Crippen LogP contribution in [-0.2, 0) is 4.79 Å². The van der Waals surface area contributed by atoms with E-state index in [-0.39, 0.29) is 29.7 Å². The Morgan fingerprint density at radius 1 is 1.29 bits per heavy atom. The summed E-state index contributed by atoms with van der Waals surface area (Å²) in [6.45, 7) is 6.36. The van der Waals surface area contributed by atoms with Crippen LogP contribution in [0.15, 0.2) is 24.3 Å². The smallest absolute Gasteiger partial charge is 0.254 e. The van der Waals surface area contributed by atoms with Gasteiger partial charge in [-0.05, 0) is 32.9 Å². The second-order valence-corrected chi connectivity index (χ2v) is 6.40. The van der Waals surface area contributed by atoms with Crippen molar-refractivity contribution >= 4 is 22.8 Å². The molecule has 21 heavy (non-hydrogen) atoms. The lowest BCUT2D eigenvalue weighted by Gasteiger charge is -2.31. The van der Waals surface area contributed by atoms with Crippen molar-refractivity contribution in [2.75, 3.05) is 6.54 Å². The first-order valence-electron chi connectivity index (χ1n) is 7.03. The lowest BCUT2D eigenvalue weighted by molar-refractivity contribution is -0.131. The zero-order chi connectivity index (χ0) is 15.2. The van der Waals surface area contributed by atoms with E-state index in [2.05, 4.69) is 10.3 Å². The second kappa shape index (κ2) is 4.65. The number of aromatic nitrogens is 3. The number of nitrogens with zero attached hydrogens (tertiary/aromatic N) is 4. The lowest BCUT2D eigenvalue weighted by atomic mass is 10.1. The molecular weight excluding hydrogens is 268 g/mol. The summed E-state index contributed by atoms with van der Waals surface area (Å²) in [4.78, 5) is 26.5. The molecule has 0 bridgehead atoms. The maximum atomic E-state index is 12.6. The molecule has 1 amide bonds. The number of amides is 1. The van der Waals surface area contributed by atoms with E-state index >= 15 is 0 Å². The predicted molar refractivity (Wildman–Crippen MR) is 77.7 cm³/mol. The predicted octanol–water partition coefficient (Wildman–Crippen LogP) is 1.72. The SMILES string of the molecule is CC(C)(C)N1CC(C(=O)n2nnc3ccccc32)CC1=O. The summed E-state index contributed by atoms with van der Waals surface area (Å²) < 4.78 is 1.32. The van der Waals surface area contributed by atoms with Crippen molar-refractivity contribution in [2.24, 2.45) is 5.92 Å². The Kier molecular flexibility index (Phi) is 3.04. The van der Waals surface area contributed by atoms with Gasteiger partial charge >= 0.3 is 0 Å². The Hall–Kier alpha value is -2.24. The molecule has 3 rings (SSSR count). The van der Waals surface area contributed by atoms with Crippen LogP contribution in [0.5, 0.6) is 0 Å². The zero-order valence-corrected chi connectivity index (χ0v) is 12.4. The molecule has 110 valence electrons. The highest BCUT2D eigenvalue weighted by atomic mass is 16.2. The number of hydrogen-bond acceptors (Lipinski definition) is 4. The number of carbonyl (C=O) groups excluding carboxylic acids is 2. The number of benzene rings is 1. The topological polar surface area (TPSA) is 68.1 Å². The van der Waals surface area contributed by atoms with Gasteiger partial charge in [-0.1, -0.05) is 17.3 Å². The van der Waals surface area contributed by atoms with Crippen molar-refractivity contribution in [3.8, 4) is 0 Å². The summed E-state index contributed by atoms with van der Waals surface area (Å²) in [5.41, 5.74) is 1.10. The second-order valence-electron chi connectivity index (χ2n) is 6.40. The standard InChI is InChI=1S/C15H18N4O2/c1-15(2,3)18-9-10(8-13(18)20)14(21)19-12-7-5-4-6-11(12)16-17-19/h4-7,10H,8-9H2,1-3H3. The number of rotatable bonds is 1. The maximum Gasteiger partial charge on any atom is 0.254 e. The molecule has 1 aliphatic rings. The van der Waals surface area contributed by atoms with E-state index in [1.165, 1.54) is 4.68 Å².